The van der Waals surface area contributed by atoms with Crippen molar-refractivity contribution in [1.29, 1.82) is 0 Å². The summed E-state index contributed by atoms with van der Waals surface area (Å²) in [6.45, 7) is 15.1. The molecule has 0 spiro atoms. The van der Waals surface area contributed by atoms with Crippen molar-refractivity contribution < 1.29 is 4.74 Å². The summed E-state index contributed by atoms with van der Waals surface area (Å²) in [4.78, 5) is 0. The van der Waals surface area contributed by atoms with Gasteiger partial charge in [-0.2, -0.15) is 0 Å². The molecule has 114 valence electrons. The predicted molar refractivity (Wildman–Crippen MR) is 92.4 cm³/mol. The van der Waals surface area contributed by atoms with Crippen molar-refractivity contribution in [2.45, 2.75) is 51.9 Å². The Morgan fingerprint density at radius 2 is 1.25 bits per heavy atom. The highest BCUT2D eigenvalue weighted by Gasteiger charge is 1.93. The van der Waals surface area contributed by atoms with Crippen LogP contribution in [0.15, 0.2) is 56.6 Å². The van der Waals surface area contributed by atoms with Gasteiger partial charge >= 0.3 is 0 Å². The third kappa shape index (κ3) is 14.6. The van der Waals surface area contributed by atoms with Gasteiger partial charge < -0.3 is 4.74 Å². The summed E-state index contributed by atoms with van der Waals surface area (Å²) in [5.74, 6) is 0.994. The van der Waals surface area contributed by atoms with Gasteiger partial charge in [0.2, 0.25) is 0 Å². The van der Waals surface area contributed by atoms with E-state index in [2.05, 4.69) is 33.2 Å². The van der Waals surface area contributed by atoms with Crippen LogP contribution in [0.5, 0.6) is 5.75 Å². The van der Waals surface area contributed by atoms with Crippen LogP contribution in [-0.2, 0) is 0 Å². The van der Waals surface area contributed by atoms with Crippen LogP contribution in [0.4, 0.5) is 0 Å². The summed E-state index contributed by atoms with van der Waals surface area (Å²) >= 11 is 0. The highest BCUT2D eigenvalue weighted by atomic mass is 16.5. The lowest BCUT2D eigenvalue weighted by Crippen LogP contribution is -1.96. The third-order valence-electron chi connectivity index (χ3n) is 2.76. The number of rotatable bonds is 9. The van der Waals surface area contributed by atoms with Gasteiger partial charge in [-0.1, -0.05) is 63.6 Å². The summed E-state index contributed by atoms with van der Waals surface area (Å²) in [6, 6.07) is 10.1. The molecule has 0 radical (unpaired) electrons. The maximum atomic E-state index is 5.63. The van der Waals surface area contributed by atoms with E-state index in [0.717, 1.165) is 12.4 Å². The van der Waals surface area contributed by atoms with Gasteiger partial charge in [0, 0.05) is 0 Å². The molecule has 0 heterocycles. The van der Waals surface area contributed by atoms with Crippen LogP contribution >= 0.6 is 0 Å². The van der Waals surface area contributed by atoms with Gasteiger partial charge in [-0.3, -0.25) is 0 Å². The Kier molecular flexibility index (Phi) is 20.6. The zero-order chi connectivity index (χ0) is 15.5. The Balaban J connectivity index is 0. The second kappa shape index (κ2) is 19.8. The van der Waals surface area contributed by atoms with Crippen LogP contribution in [0.1, 0.15) is 51.9 Å². The standard InChI is InChI=1S/C15H24O.2C2H4/c1-2-3-4-5-6-7-11-14-16-15-12-9-8-10-13-15;2*1-2/h8-10,12-13H,2-7,11,14H2,1H3;2*1-2H2. The summed E-state index contributed by atoms with van der Waals surface area (Å²) in [7, 11) is 0. The molecule has 0 aliphatic rings. The Hall–Kier alpha value is -1.50. The molecule has 1 nitrogen and oxygen atoms in total. The fourth-order valence-corrected chi connectivity index (χ4v) is 1.77. The van der Waals surface area contributed by atoms with Gasteiger partial charge in [0.15, 0.2) is 0 Å². The van der Waals surface area contributed by atoms with Gasteiger partial charge in [-0.15, -0.1) is 26.3 Å². The van der Waals surface area contributed by atoms with E-state index >= 15 is 0 Å². The van der Waals surface area contributed by atoms with Gasteiger partial charge in [0.05, 0.1) is 6.61 Å². The molecule has 0 N–H and O–H groups in total. The van der Waals surface area contributed by atoms with Gasteiger partial charge in [-0.05, 0) is 18.6 Å². The largest absolute Gasteiger partial charge is 0.494 e. The van der Waals surface area contributed by atoms with E-state index in [-0.39, 0.29) is 0 Å². The van der Waals surface area contributed by atoms with Crippen molar-refractivity contribution in [2.24, 2.45) is 0 Å². The number of benzene rings is 1. The fraction of sp³-hybridized carbons (Fsp3) is 0.474. The summed E-state index contributed by atoms with van der Waals surface area (Å²) < 4.78 is 5.63. The van der Waals surface area contributed by atoms with Crippen molar-refractivity contribution in [3.8, 4) is 5.75 Å². The van der Waals surface area contributed by atoms with Crippen LogP contribution < -0.4 is 4.74 Å². The van der Waals surface area contributed by atoms with Gasteiger partial charge in [0.1, 0.15) is 5.75 Å². The molecule has 1 aromatic rings. The molecule has 0 aliphatic heterocycles. The Morgan fingerprint density at radius 1 is 0.750 bits per heavy atom. The Bertz CT molecular complexity index is 266. The molecule has 1 aromatic carbocycles. The molecule has 0 unspecified atom stereocenters. The Morgan fingerprint density at radius 3 is 1.80 bits per heavy atom. The van der Waals surface area contributed by atoms with Crippen LogP contribution in [0.3, 0.4) is 0 Å². The summed E-state index contributed by atoms with van der Waals surface area (Å²) in [5, 5.41) is 0. The quantitative estimate of drug-likeness (QED) is 0.373. The monoisotopic (exact) mass is 276 g/mol. The number of para-hydroxylation sites is 1. The number of unbranched alkanes of at least 4 members (excludes halogenated alkanes) is 6. The first kappa shape index (κ1) is 20.8. The first-order valence-corrected chi connectivity index (χ1v) is 7.61. The van der Waals surface area contributed by atoms with E-state index in [1.54, 1.807) is 0 Å². The smallest absolute Gasteiger partial charge is 0.119 e. The molecule has 20 heavy (non-hydrogen) atoms. The van der Waals surface area contributed by atoms with Crippen molar-refractivity contribution >= 4 is 0 Å². The van der Waals surface area contributed by atoms with Crippen molar-refractivity contribution in [2.75, 3.05) is 6.61 Å². The zero-order valence-electron chi connectivity index (χ0n) is 13.3. The molecule has 0 amide bonds. The Labute approximate surface area is 126 Å². The molecule has 1 heteroatoms. The number of hydrogen-bond acceptors (Lipinski definition) is 1. The average molecular weight is 276 g/mol. The first-order chi connectivity index (χ1) is 9.93. The molecule has 0 fully saturated rings. The number of ether oxygens (including phenoxy) is 1. The molecule has 0 aliphatic carbocycles. The zero-order valence-corrected chi connectivity index (χ0v) is 13.3. The van der Waals surface area contributed by atoms with Crippen LogP contribution in [0, 0.1) is 0 Å². The second-order valence-corrected chi connectivity index (χ2v) is 4.28. The fourth-order valence-electron chi connectivity index (χ4n) is 1.77. The molecule has 0 bridgehead atoms. The van der Waals surface area contributed by atoms with Gasteiger partial charge in [-0.25, -0.2) is 0 Å². The van der Waals surface area contributed by atoms with Crippen LogP contribution in [-0.4, -0.2) is 6.61 Å². The lowest BCUT2D eigenvalue weighted by Gasteiger charge is -2.05. The summed E-state index contributed by atoms with van der Waals surface area (Å²) in [5.41, 5.74) is 0. The van der Waals surface area contributed by atoms with Gasteiger partial charge in [0.25, 0.3) is 0 Å². The lowest BCUT2D eigenvalue weighted by molar-refractivity contribution is 0.304. The van der Waals surface area contributed by atoms with E-state index in [1.807, 2.05) is 30.3 Å². The molecular weight excluding hydrogens is 244 g/mol. The highest BCUT2D eigenvalue weighted by molar-refractivity contribution is 5.20. The maximum Gasteiger partial charge on any atom is 0.119 e. The second-order valence-electron chi connectivity index (χ2n) is 4.28. The lowest BCUT2D eigenvalue weighted by atomic mass is 10.1. The third-order valence-corrected chi connectivity index (χ3v) is 2.76. The highest BCUT2D eigenvalue weighted by Crippen LogP contribution is 2.10. The molecule has 0 aromatic heterocycles. The summed E-state index contributed by atoms with van der Waals surface area (Å²) in [6.07, 6.45) is 9.35. The van der Waals surface area contributed by atoms with E-state index in [4.69, 9.17) is 4.74 Å². The van der Waals surface area contributed by atoms with Crippen molar-refractivity contribution in [1.82, 2.24) is 0 Å². The van der Waals surface area contributed by atoms with E-state index in [0.29, 0.717) is 0 Å². The molecule has 0 atom stereocenters. The maximum absolute atomic E-state index is 5.63. The minimum atomic E-state index is 0.859. The van der Waals surface area contributed by atoms with E-state index in [9.17, 15) is 0 Å². The first-order valence-electron chi connectivity index (χ1n) is 7.61. The topological polar surface area (TPSA) is 9.23 Å². The van der Waals surface area contributed by atoms with E-state index in [1.165, 1.54) is 44.9 Å². The minimum Gasteiger partial charge on any atom is -0.494 e. The molecular formula is C19H32O. The van der Waals surface area contributed by atoms with Crippen LogP contribution in [0.2, 0.25) is 0 Å². The number of hydrogen-bond donors (Lipinski definition) is 0. The molecule has 1 rings (SSSR count). The molecule has 0 saturated heterocycles. The van der Waals surface area contributed by atoms with Crippen molar-refractivity contribution in [3.63, 3.8) is 0 Å². The predicted octanol–water partition coefficient (Wildman–Crippen LogP) is 6.42. The van der Waals surface area contributed by atoms with Crippen molar-refractivity contribution in [3.05, 3.63) is 56.6 Å². The SMILES string of the molecule is C=C.C=C.CCCCCCCCCOc1ccccc1. The van der Waals surface area contributed by atoms with Crippen LogP contribution in [0.25, 0.3) is 0 Å². The molecule has 0 saturated carbocycles. The normalized spacial score (nSPS) is 8.65. The van der Waals surface area contributed by atoms with E-state index < -0.39 is 0 Å². The average Bonchev–Trinajstić information content (AvgIpc) is 2.55. The minimum absolute atomic E-state index is 0.859.